The highest BCUT2D eigenvalue weighted by molar-refractivity contribution is 7.91. The van der Waals surface area contributed by atoms with Crippen LogP contribution in [0.15, 0.2) is 40.2 Å². The molecule has 1 saturated heterocycles. The highest BCUT2D eigenvalue weighted by Crippen LogP contribution is 2.19. The molecule has 0 aromatic heterocycles. The molecule has 0 radical (unpaired) electrons. The lowest BCUT2D eigenvalue weighted by molar-refractivity contribution is 0.0982. The zero-order valence-electron chi connectivity index (χ0n) is 17.7. The van der Waals surface area contributed by atoms with Gasteiger partial charge in [-0.1, -0.05) is 31.5 Å². The number of benzene rings is 1. The molecular formula is C21H36N4O2S. The molecule has 28 heavy (non-hydrogen) atoms. The smallest absolute Gasteiger partial charge is 0.191 e. The molecule has 1 aromatic rings. The number of aliphatic imine (C=N–C) groups is 1. The summed E-state index contributed by atoms with van der Waals surface area (Å²) in [4.78, 5) is 7.19. The molecular weight excluding hydrogens is 372 g/mol. The average Bonchev–Trinajstić information content (AvgIpc) is 2.71. The molecule has 2 rings (SSSR count). The Kier molecular flexibility index (Phi) is 8.31. The summed E-state index contributed by atoms with van der Waals surface area (Å²) in [5, 5.41) is 6.70. The number of nitrogens with zero attached hydrogens (tertiary/aromatic N) is 2. The van der Waals surface area contributed by atoms with Gasteiger partial charge in [0.25, 0.3) is 0 Å². The molecule has 7 heteroatoms. The largest absolute Gasteiger partial charge is 0.355 e. The second-order valence-corrected chi connectivity index (χ2v) is 10.2. The Morgan fingerprint density at radius 1 is 1.18 bits per heavy atom. The minimum Gasteiger partial charge on any atom is -0.355 e. The summed E-state index contributed by atoms with van der Waals surface area (Å²) in [5.41, 5.74) is 0.0237. The van der Waals surface area contributed by atoms with Crippen LogP contribution in [0, 0.1) is 0 Å². The highest BCUT2D eigenvalue weighted by Gasteiger charge is 2.28. The van der Waals surface area contributed by atoms with Gasteiger partial charge in [-0.05, 0) is 58.3 Å². The number of hydrogen-bond donors (Lipinski definition) is 2. The predicted octanol–water partition coefficient (Wildman–Crippen LogP) is 2.67. The average molecular weight is 409 g/mol. The van der Waals surface area contributed by atoms with Crippen molar-refractivity contribution in [2.75, 3.05) is 32.4 Å². The minimum atomic E-state index is -3.34. The van der Waals surface area contributed by atoms with E-state index < -0.39 is 9.84 Å². The Labute approximate surface area is 170 Å². The van der Waals surface area contributed by atoms with E-state index in [0.29, 0.717) is 17.3 Å². The summed E-state index contributed by atoms with van der Waals surface area (Å²) in [6, 6.07) is 8.43. The molecule has 1 fully saturated rings. The first-order valence-electron chi connectivity index (χ1n) is 10.3. The lowest BCUT2D eigenvalue weighted by Gasteiger charge is -2.41. The summed E-state index contributed by atoms with van der Waals surface area (Å²) < 4.78 is 25.4. The van der Waals surface area contributed by atoms with Gasteiger partial charge >= 0.3 is 0 Å². The number of nitrogens with one attached hydrogen (secondary N) is 2. The lowest BCUT2D eigenvalue weighted by Crippen LogP contribution is -2.56. The Hall–Kier alpha value is -1.60. The van der Waals surface area contributed by atoms with Crippen molar-refractivity contribution >= 4 is 15.8 Å². The Morgan fingerprint density at radius 2 is 1.82 bits per heavy atom. The van der Waals surface area contributed by atoms with Gasteiger partial charge in [-0.2, -0.15) is 0 Å². The van der Waals surface area contributed by atoms with Gasteiger partial charge in [0, 0.05) is 25.2 Å². The van der Waals surface area contributed by atoms with E-state index in [1.165, 1.54) is 19.3 Å². The third kappa shape index (κ3) is 6.48. The molecule has 6 nitrogen and oxygen atoms in total. The molecule has 1 heterocycles. The third-order valence-electron chi connectivity index (χ3n) is 5.48. The van der Waals surface area contributed by atoms with Crippen molar-refractivity contribution < 1.29 is 8.42 Å². The SMILES string of the molecule is CCC(CS(=O)(=O)c1ccccc1)NC(=NC)NCC(C)(C)N1CCCCC1. The summed E-state index contributed by atoms with van der Waals surface area (Å²) in [6.07, 6.45) is 4.52. The summed E-state index contributed by atoms with van der Waals surface area (Å²) in [6.45, 7) is 9.50. The fourth-order valence-corrected chi connectivity index (χ4v) is 5.16. The molecule has 158 valence electrons. The standard InChI is InChI=1S/C21H36N4O2S/c1-5-18(16-28(26,27)19-12-8-6-9-13-19)24-20(22-4)23-17-21(2,3)25-14-10-7-11-15-25/h6,8-9,12-13,18H,5,7,10-11,14-17H2,1-4H3,(H2,22,23,24). The van der Waals surface area contributed by atoms with Crippen LogP contribution in [0.3, 0.4) is 0 Å². The van der Waals surface area contributed by atoms with Crippen LogP contribution in [0.2, 0.25) is 0 Å². The predicted molar refractivity (Wildman–Crippen MR) is 117 cm³/mol. The number of hydrogen-bond acceptors (Lipinski definition) is 4. The number of rotatable bonds is 8. The maximum absolute atomic E-state index is 12.7. The first-order chi connectivity index (χ1) is 13.3. The fraction of sp³-hybridized carbons (Fsp3) is 0.667. The number of sulfone groups is 1. The molecule has 1 atom stereocenters. The number of guanidine groups is 1. The van der Waals surface area contributed by atoms with Crippen LogP contribution < -0.4 is 10.6 Å². The molecule has 1 aromatic carbocycles. The number of piperidine rings is 1. The topological polar surface area (TPSA) is 73.8 Å². The van der Waals surface area contributed by atoms with E-state index in [-0.39, 0.29) is 17.3 Å². The fourth-order valence-electron chi connectivity index (χ4n) is 3.55. The van der Waals surface area contributed by atoms with Crippen molar-refractivity contribution in [2.24, 2.45) is 4.99 Å². The van der Waals surface area contributed by atoms with Crippen LogP contribution in [0.1, 0.15) is 46.5 Å². The van der Waals surface area contributed by atoms with E-state index in [0.717, 1.165) is 19.6 Å². The first-order valence-corrected chi connectivity index (χ1v) is 11.9. The van der Waals surface area contributed by atoms with Gasteiger partial charge in [0.05, 0.1) is 10.6 Å². The van der Waals surface area contributed by atoms with Crippen molar-refractivity contribution in [2.45, 2.75) is 62.9 Å². The maximum atomic E-state index is 12.7. The quantitative estimate of drug-likeness (QED) is 0.511. The molecule has 0 saturated carbocycles. The molecule has 0 bridgehead atoms. The van der Waals surface area contributed by atoms with Crippen LogP contribution in [-0.2, 0) is 9.84 Å². The van der Waals surface area contributed by atoms with Gasteiger partial charge in [0.1, 0.15) is 0 Å². The molecule has 0 aliphatic carbocycles. The van der Waals surface area contributed by atoms with E-state index in [1.54, 1.807) is 31.3 Å². The van der Waals surface area contributed by atoms with Crippen LogP contribution in [0.25, 0.3) is 0 Å². The van der Waals surface area contributed by atoms with Gasteiger partial charge in [0.15, 0.2) is 15.8 Å². The lowest BCUT2D eigenvalue weighted by atomic mass is 9.98. The van der Waals surface area contributed by atoms with E-state index in [1.807, 2.05) is 13.0 Å². The van der Waals surface area contributed by atoms with Gasteiger partial charge in [-0.15, -0.1) is 0 Å². The maximum Gasteiger partial charge on any atom is 0.191 e. The molecule has 1 aliphatic heterocycles. The minimum absolute atomic E-state index is 0.0237. The van der Waals surface area contributed by atoms with Crippen LogP contribution in [-0.4, -0.2) is 63.3 Å². The van der Waals surface area contributed by atoms with E-state index in [4.69, 9.17) is 0 Å². The van der Waals surface area contributed by atoms with Crippen LogP contribution in [0.4, 0.5) is 0 Å². The highest BCUT2D eigenvalue weighted by atomic mass is 32.2. The van der Waals surface area contributed by atoms with Crippen molar-refractivity contribution in [3.63, 3.8) is 0 Å². The van der Waals surface area contributed by atoms with Crippen molar-refractivity contribution in [3.05, 3.63) is 30.3 Å². The Balaban J connectivity index is 1.94. The van der Waals surface area contributed by atoms with Gasteiger partial charge in [0.2, 0.25) is 0 Å². The van der Waals surface area contributed by atoms with Crippen molar-refractivity contribution in [3.8, 4) is 0 Å². The van der Waals surface area contributed by atoms with E-state index >= 15 is 0 Å². The molecule has 0 spiro atoms. The van der Waals surface area contributed by atoms with E-state index in [2.05, 4.69) is 34.4 Å². The molecule has 2 N–H and O–H groups in total. The summed E-state index contributed by atoms with van der Waals surface area (Å²) in [5.74, 6) is 0.698. The van der Waals surface area contributed by atoms with Gasteiger partial charge in [-0.3, -0.25) is 9.89 Å². The second kappa shape index (κ2) is 10.3. The Morgan fingerprint density at radius 3 is 2.39 bits per heavy atom. The summed E-state index contributed by atoms with van der Waals surface area (Å²) in [7, 11) is -1.62. The van der Waals surface area contributed by atoms with Gasteiger partial charge < -0.3 is 10.6 Å². The van der Waals surface area contributed by atoms with E-state index in [9.17, 15) is 8.42 Å². The van der Waals surface area contributed by atoms with Gasteiger partial charge in [-0.25, -0.2) is 8.42 Å². The van der Waals surface area contributed by atoms with Crippen LogP contribution >= 0.6 is 0 Å². The van der Waals surface area contributed by atoms with Crippen molar-refractivity contribution in [1.29, 1.82) is 0 Å². The molecule has 0 amide bonds. The van der Waals surface area contributed by atoms with Crippen molar-refractivity contribution in [1.82, 2.24) is 15.5 Å². The summed E-state index contributed by atoms with van der Waals surface area (Å²) >= 11 is 0. The monoisotopic (exact) mass is 408 g/mol. The second-order valence-electron chi connectivity index (χ2n) is 8.13. The zero-order valence-corrected chi connectivity index (χ0v) is 18.6. The number of likely N-dealkylation sites (tertiary alicyclic amines) is 1. The normalized spacial score (nSPS) is 17.9. The molecule has 1 aliphatic rings. The Bertz CT molecular complexity index is 726. The first kappa shape index (κ1) is 22.7. The third-order valence-corrected chi connectivity index (χ3v) is 7.31. The van der Waals surface area contributed by atoms with Crippen LogP contribution in [0.5, 0.6) is 0 Å². The molecule has 1 unspecified atom stereocenters. The zero-order chi connectivity index (χ0) is 20.6.